The zero-order valence-electron chi connectivity index (χ0n) is 20.3. The van der Waals surface area contributed by atoms with Gasteiger partial charge in [-0.3, -0.25) is 24.1 Å². The molecule has 0 radical (unpaired) electrons. The molecule has 0 saturated carbocycles. The van der Waals surface area contributed by atoms with E-state index >= 15 is 0 Å². The summed E-state index contributed by atoms with van der Waals surface area (Å²) < 4.78 is 11.3. The third kappa shape index (κ3) is 5.33. The Morgan fingerprint density at radius 3 is 2.34 bits per heavy atom. The van der Waals surface area contributed by atoms with Crippen molar-refractivity contribution in [3.8, 4) is 11.5 Å². The van der Waals surface area contributed by atoms with Gasteiger partial charge in [0.05, 0.1) is 23.4 Å². The highest BCUT2D eigenvalue weighted by Crippen LogP contribution is 2.35. The van der Waals surface area contributed by atoms with Gasteiger partial charge in [0.15, 0.2) is 6.61 Å². The first-order valence-corrected chi connectivity index (χ1v) is 12.5. The Morgan fingerprint density at radius 1 is 0.921 bits per heavy atom. The van der Waals surface area contributed by atoms with Crippen molar-refractivity contribution in [2.75, 3.05) is 36.5 Å². The van der Waals surface area contributed by atoms with Crippen LogP contribution in [-0.4, -0.2) is 54.8 Å². The molecule has 0 saturated heterocycles. The summed E-state index contributed by atoms with van der Waals surface area (Å²) in [6.45, 7) is 0.692. The van der Waals surface area contributed by atoms with E-state index in [2.05, 4.69) is 5.32 Å². The van der Waals surface area contributed by atoms with Crippen LogP contribution in [-0.2, 0) is 9.59 Å². The van der Waals surface area contributed by atoms with Crippen LogP contribution in [0.15, 0.2) is 66.7 Å². The first kappa shape index (κ1) is 25.3. The average molecular weight is 534 g/mol. The fraction of sp³-hybridized carbons (Fsp3) is 0.214. The number of benzene rings is 3. The summed E-state index contributed by atoms with van der Waals surface area (Å²) in [5.74, 6) is -0.149. The minimum absolute atomic E-state index is 0.0372. The fourth-order valence-electron chi connectivity index (χ4n) is 4.35. The minimum atomic E-state index is -0.404. The normalized spacial score (nSPS) is 14.2. The van der Waals surface area contributed by atoms with Crippen LogP contribution in [0.1, 0.15) is 33.6 Å². The molecule has 5 rings (SSSR count). The molecule has 0 unspecified atom stereocenters. The number of imide groups is 1. The van der Waals surface area contributed by atoms with Gasteiger partial charge in [0.1, 0.15) is 11.5 Å². The molecule has 2 aliphatic heterocycles. The first-order valence-electron chi connectivity index (χ1n) is 12.1. The third-order valence-electron chi connectivity index (χ3n) is 6.23. The summed E-state index contributed by atoms with van der Waals surface area (Å²) in [4.78, 5) is 52.9. The Morgan fingerprint density at radius 2 is 1.63 bits per heavy atom. The molecule has 0 bridgehead atoms. The zero-order chi connectivity index (χ0) is 26.6. The Balaban J connectivity index is 1.17. The van der Waals surface area contributed by atoms with Crippen molar-refractivity contribution < 1.29 is 28.7 Å². The second kappa shape index (κ2) is 10.9. The number of nitrogens with one attached hydrogen (secondary N) is 1. The summed E-state index contributed by atoms with van der Waals surface area (Å²) in [6.07, 6.45) is 0.508. The van der Waals surface area contributed by atoms with E-state index in [-0.39, 0.29) is 31.4 Å². The number of rotatable bonds is 9. The molecule has 38 heavy (non-hydrogen) atoms. The number of hydrogen-bond acceptors (Lipinski definition) is 6. The number of anilines is 2. The average Bonchev–Trinajstić information content (AvgIpc) is 3.16. The SMILES string of the molecule is O=C(CCN1C(=O)c2ccccc2C1=O)Nc1ccc2c(c1)N(CCCOc1ccc(Cl)cc1)C(=O)CO2. The van der Waals surface area contributed by atoms with Crippen LogP contribution in [0, 0.1) is 0 Å². The Bertz CT molecular complexity index is 1370. The molecule has 10 heteroatoms. The standard InChI is InChI=1S/C28H24ClN3O6/c29-18-6-9-20(10-7-18)37-15-3-13-31-23-16-19(8-11-24(23)38-17-26(31)34)30-25(33)12-14-32-27(35)21-4-1-2-5-22(21)28(32)36/h1-2,4-11,16H,3,12-15,17H2,(H,30,33). The summed E-state index contributed by atoms with van der Waals surface area (Å²) in [6, 6.07) is 18.7. The highest BCUT2D eigenvalue weighted by molar-refractivity contribution is 6.30. The molecule has 9 nitrogen and oxygen atoms in total. The predicted molar refractivity (Wildman–Crippen MR) is 141 cm³/mol. The molecule has 0 atom stereocenters. The molecule has 0 aliphatic carbocycles. The Hall–Kier alpha value is -4.37. The molecule has 3 aromatic carbocycles. The third-order valence-corrected chi connectivity index (χ3v) is 6.49. The van der Waals surface area contributed by atoms with Gasteiger partial charge in [0.25, 0.3) is 17.7 Å². The number of nitrogens with zero attached hydrogens (tertiary/aromatic N) is 2. The largest absolute Gasteiger partial charge is 0.494 e. The van der Waals surface area contributed by atoms with Crippen LogP contribution < -0.4 is 19.7 Å². The predicted octanol–water partition coefficient (Wildman–Crippen LogP) is 4.16. The molecule has 3 aromatic rings. The van der Waals surface area contributed by atoms with E-state index in [4.69, 9.17) is 21.1 Å². The number of fused-ring (bicyclic) bond motifs is 2. The van der Waals surface area contributed by atoms with Gasteiger partial charge in [-0.2, -0.15) is 0 Å². The van der Waals surface area contributed by atoms with Crippen molar-refractivity contribution in [1.29, 1.82) is 0 Å². The first-order chi connectivity index (χ1) is 18.4. The van der Waals surface area contributed by atoms with Gasteiger partial charge < -0.3 is 19.7 Å². The van der Waals surface area contributed by atoms with Gasteiger partial charge in [-0.05, 0) is 61.0 Å². The van der Waals surface area contributed by atoms with E-state index < -0.39 is 11.8 Å². The van der Waals surface area contributed by atoms with Crippen molar-refractivity contribution in [2.24, 2.45) is 0 Å². The van der Waals surface area contributed by atoms with Crippen LogP contribution in [0.2, 0.25) is 5.02 Å². The fourth-order valence-corrected chi connectivity index (χ4v) is 4.47. The number of carbonyl (C=O) groups is 4. The van der Waals surface area contributed by atoms with E-state index in [1.165, 1.54) is 0 Å². The minimum Gasteiger partial charge on any atom is -0.494 e. The summed E-state index contributed by atoms with van der Waals surface area (Å²) in [5, 5.41) is 3.40. The van der Waals surface area contributed by atoms with Gasteiger partial charge in [-0.1, -0.05) is 23.7 Å². The van der Waals surface area contributed by atoms with Crippen LogP contribution >= 0.6 is 11.6 Å². The summed E-state index contributed by atoms with van der Waals surface area (Å²) >= 11 is 5.89. The maximum absolute atomic E-state index is 12.6. The molecule has 0 spiro atoms. The zero-order valence-corrected chi connectivity index (χ0v) is 21.1. The monoisotopic (exact) mass is 533 g/mol. The van der Waals surface area contributed by atoms with E-state index in [1.807, 2.05) is 0 Å². The Labute approximate surface area is 223 Å². The molecule has 194 valence electrons. The van der Waals surface area contributed by atoms with Crippen molar-refractivity contribution in [3.63, 3.8) is 0 Å². The maximum Gasteiger partial charge on any atom is 0.265 e. The molecule has 0 fully saturated rings. The lowest BCUT2D eigenvalue weighted by molar-refractivity contribution is -0.121. The maximum atomic E-state index is 12.6. The molecular formula is C28H24ClN3O6. The molecular weight excluding hydrogens is 510 g/mol. The number of halogens is 1. The Kier molecular flexibility index (Phi) is 7.28. The molecule has 4 amide bonds. The summed E-state index contributed by atoms with van der Waals surface area (Å²) in [7, 11) is 0. The van der Waals surface area contributed by atoms with E-state index in [0.717, 1.165) is 4.90 Å². The van der Waals surface area contributed by atoms with Gasteiger partial charge in [-0.25, -0.2) is 0 Å². The molecule has 0 aromatic heterocycles. The number of amides is 4. The van der Waals surface area contributed by atoms with Crippen LogP contribution in [0.25, 0.3) is 0 Å². The van der Waals surface area contributed by atoms with Crippen molar-refractivity contribution in [1.82, 2.24) is 4.90 Å². The van der Waals surface area contributed by atoms with Gasteiger partial charge in [-0.15, -0.1) is 0 Å². The second-order valence-electron chi connectivity index (χ2n) is 8.78. The lowest BCUT2D eigenvalue weighted by Crippen LogP contribution is -2.39. The van der Waals surface area contributed by atoms with E-state index in [0.29, 0.717) is 58.6 Å². The number of ether oxygens (including phenoxy) is 2. The van der Waals surface area contributed by atoms with Crippen LogP contribution in [0.4, 0.5) is 11.4 Å². The highest BCUT2D eigenvalue weighted by atomic mass is 35.5. The van der Waals surface area contributed by atoms with Crippen molar-refractivity contribution in [3.05, 3.63) is 82.9 Å². The quantitative estimate of drug-likeness (QED) is 0.327. The number of hydrogen-bond donors (Lipinski definition) is 1. The van der Waals surface area contributed by atoms with Crippen LogP contribution in [0.5, 0.6) is 11.5 Å². The second-order valence-corrected chi connectivity index (χ2v) is 9.21. The van der Waals surface area contributed by atoms with E-state index in [9.17, 15) is 19.2 Å². The van der Waals surface area contributed by atoms with Gasteiger partial charge in [0.2, 0.25) is 5.91 Å². The van der Waals surface area contributed by atoms with E-state index in [1.54, 1.807) is 71.6 Å². The summed E-state index contributed by atoms with van der Waals surface area (Å²) in [5.41, 5.74) is 1.70. The van der Waals surface area contributed by atoms with Crippen LogP contribution in [0.3, 0.4) is 0 Å². The lowest BCUT2D eigenvalue weighted by Gasteiger charge is -2.30. The van der Waals surface area contributed by atoms with Crippen molar-refractivity contribution in [2.45, 2.75) is 12.8 Å². The topological polar surface area (TPSA) is 105 Å². The molecule has 2 aliphatic rings. The smallest absolute Gasteiger partial charge is 0.265 e. The van der Waals surface area contributed by atoms with Gasteiger partial charge >= 0.3 is 0 Å². The molecule has 1 N–H and O–H groups in total. The van der Waals surface area contributed by atoms with Crippen molar-refractivity contribution >= 4 is 46.6 Å². The molecule has 2 heterocycles. The lowest BCUT2D eigenvalue weighted by atomic mass is 10.1. The number of carbonyl (C=O) groups excluding carboxylic acids is 4. The van der Waals surface area contributed by atoms with Gasteiger partial charge in [0, 0.05) is 30.2 Å². The highest BCUT2D eigenvalue weighted by Gasteiger charge is 2.35.